The van der Waals surface area contributed by atoms with Crippen LogP contribution in [0.15, 0.2) is 0 Å². The van der Waals surface area contributed by atoms with E-state index in [2.05, 4.69) is 11.1 Å². The normalized spacial score (nSPS) is 25.4. The Morgan fingerprint density at radius 3 is 2.50 bits per heavy atom. The largest absolute Gasteiger partial charge is 0.400 e. The molecule has 0 aliphatic carbocycles. The topological polar surface area (TPSA) is 52.6 Å². The van der Waals surface area contributed by atoms with Gasteiger partial charge in [0, 0.05) is 0 Å². The summed E-state index contributed by atoms with van der Waals surface area (Å²) in [6, 6.07) is 0. The van der Waals surface area contributed by atoms with Gasteiger partial charge in [-0.05, 0) is 6.42 Å². The highest BCUT2D eigenvalue weighted by Crippen LogP contribution is 2.18. The second kappa shape index (κ2) is 5.68. The third-order valence-electron chi connectivity index (χ3n) is 2.28. The van der Waals surface area contributed by atoms with Crippen LogP contribution in [0.25, 0.3) is 0 Å². The zero-order valence-corrected chi connectivity index (χ0v) is 9.38. The highest BCUT2D eigenvalue weighted by molar-refractivity contribution is 7.82. The van der Waals surface area contributed by atoms with Crippen LogP contribution in [0.5, 0.6) is 0 Å². The van der Waals surface area contributed by atoms with Crippen molar-refractivity contribution < 1.29 is 16.8 Å². The summed E-state index contributed by atoms with van der Waals surface area (Å²) in [5.74, 6) is 0. The van der Waals surface area contributed by atoms with E-state index in [0.29, 0.717) is 0 Å². The molecule has 0 aromatic rings. The monoisotopic (exact) mass is 222 g/mol. The maximum Gasteiger partial charge on any atom is 0.400 e. The van der Waals surface area contributed by atoms with Crippen molar-refractivity contribution in [2.45, 2.75) is 51.6 Å². The van der Waals surface area contributed by atoms with E-state index in [1.807, 2.05) is 0 Å². The predicted molar refractivity (Wildman–Crippen MR) is 53.1 cm³/mol. The third kappa shape index (κ3) is 4.39. The van der Waals surface area contributed by atoms with Crippen molar-refractivity contribution in [1.29, 1.82) is 0 Å². The van der Waals surface area contributed by atoms with E-state index in [4.69, 9.17) is 4.18 Å². The fourth-order valence-corrected chi connectivity index (χ4v) is 2.35. The van der Waals surface area contributed by atoms with Crippen molar-refractivity contribution in [3.63, 3.8) is 0 Å². The van der Waals surface area contributed by atoms with Crippen molar-refractivity contribution in [3.8, 4) is 0 Å². The fraction of sp³-hybridized carbons (Fsp3) is 1.00. The first-order valence-corrected chi connectivity index (χ1v) is 6.55. The number of rotatable bonds is 6. The molecule has 4 nitrogen and oxygen atoms in total. The lowest BCUT2D eigenvalue weighted by Crippen LogP contribution is -2.09. The lowest BCUT2D eigenvalue weighted by atomic mass is 10.1. The zero-order valence-electron chi connectivity index (χ0n) is 8.57. The van der Waals surface area contributed by atoms with Crippen LogP contribution in [0.4, 0.5) is 0 Å². The van der Waals surface area contributed by atoms with Gasteiger partial charge in [0.2, 0.25) is 0 Å². The van der Waals surface area contributed by atoms with Gasteiger partial charge in [-0.15, -0.1) is 0 Å². The zero-order chi connectivity index (χ0) is 10.4. The molecule has 0 spiro atoms. The summed E-state index contributed by atoms with van der Waals surface area (Å²) in [5, 5.41) is 0. The Kier molecular flexibility index (Phi) is 4.84. The van der Waals surface area contributed by atoms with E-state index in [1.54, 1.807) is 0 Å². The second-order valence-electron chi connectivity index (χ2n) is 3.61. The quantitative estimate of drug-likeness (QED) is 0.645. The molecule has 0 aromatic heterocycles. The Bertz CT molecular complexity index is 248. The molecular weight excluding hydrogens is 204 g/mol. The molecule has 0 bridgehead atoms. The molecule has 0 amide bonds. The molecule has 1 rings (SSSR count). The van der Waals surface area contributed by atoms with Gasteiger partial charge in [0.25, 0.3) is 0 Å². The summed E-state index contributed by atoms with van der Waals surface area (Å²) >= 11 is 0. The van der Waals surface area contributed by atoms with Crippen LogP contribution in [0.3, 0.4) is 0 Å². The van der Waals surface area contributed by atoms with Crippen molar-refractivity contribution >= 4 is 10.4 Å². The lowest BCUT2D eigenvalue weighted by Gasteiger charge is -2.04. The van der Waals surface area contributed by atoms with Gasteiger partial charge in [0.1, 0.15) is 6.10 Å². The molecule has 5 heteroatoms. The van der Waals surface area contributed by atoms with Crippen molar-refractivity contribution in [1.82, 2.24) is 0 Å². The average molecular weight is 222 g/mol. The minimum atomic E-state index is -3.64. The van der Waals surface area contributed by atoms with Crippen molar-refractivity contribution in [2.24, 2.45) is 0 Å². The van der Waals surface area contributed by atoms with Gasteiger partial charge < -0.3 is 0 Å². The van der Waals surface area contributed by atoms with Crippen LogP contribution in [0.2, 0.25) is 0 Å². The number of unbranched alkanes of at least 4 members (excludes halogenated alkanes) is 4. The first-order chi connectivity index (χ1) is 6.64. The molecule has 1 atom stereocenters. The maximum absolute atomic E-state index is 10.7. The Balaban J connectivity index is 2.03. The Labute approximate surface area is 85.9 Å². The minimum Gasteiger partial charge on any atom is -0.245 e. The van der Waals surface area contributed by atoms with Crippen molar-refractivity contribution in [2.75, 3.05) is 6.61 Å². The number of hydrogen-bond acceptors (Lipinski definition) is 4. The summed E-state index contributed by atoms with van der Waals surface area (Å²) in [6.07, 6.45) is 6.39. The molecule has 1 fully saturated rings. The van der Waals surface area contributed by atoms with E-state index in [9.17, 15) is 8.42 Å². The second-order valence-corrected chi connectivity index (χ2v) is 4.86. The standard InChI is InChI=1S/C9H18O4S/c1-2-3-4-5-6-7-9-8-12-14(10,11)13-9/h9H,2-8H2,1H3. The predicted octanol–water partition coefficient (Wildman–Crippen LogP) is 2.01. The third-order valence-corrected chi connectivity index (χ3v) is 3.21. The summed E-state index contributed by atoms with van der Waals surface area (Å²) in [6.45, 7) is 2.36. The molecule has 1 aliphatic heterocycles. The van der Waals surface area contributed by atoms with E-state index < -0.39 is 10.4 Å². The van der Waals surface area contributed by atoms with Gasteiger partial charge in [0.15, 0.2) is 0 Å². The highest BCUT2D eigenvalue weighted by Gasteiger charge is 2.29. The van der Waals surface area contributed by atoms with Gasteiger partial charge in [-0.2, -0.15) is 8.42 Å². The molecular formula is C9H18O4S. The summed E-state index contributed by atoms with van der Waals surface area (Å²) in [5.41, 5.74) is 0. The van der Waals surface area contributed by atoms with Crippen LogP contribution < -0.4 is 0 Å². The molecule has 1 heterocycles. The molecule has 0 radical (unpaired) electrons. The molecule has 14 heavy (non-hydrogen) atoms. The minimum absolute atomic E-state index is 0.191. The summed E-state index contributed by atoms with van der Waals surface area (Å²) in [4.78, 5) is 0. The molecule has 1 aliphatic rings. The van der Waals surface area contributed by atoms with Gasteiger partial charge in [-0.3, -0.25) is 0 Å². The van der Waals surface area contributed by atoms with Crippen LogP contribution in [-0.2, 0) is 18.8 Å². The Morgan fingerprint density at radius 1 is 1.21 bits per heavy atom. The summed E-state index contributed by atoms with van der Waals surface area (Å²) < 4.78 is 30.6. The SMILES string of the molecule is CCCCCCCC1COS(=O)(=O)O1. The Morgan fingerprint density at radius 2 is 1.93 bits per heavy atom. The maximum atomic E-state index is 10.7. The van der Waals surface area contributed by atoms with Crippen LogP contribution >= 0.6 is 0 Å². The molecule has 1 unspecified atom stereocenters. The summed E-state index contributed by atoms with van der Waals surface area (Å²) in [7, 11) is -3.64. The van der Waals surface area contributed by atoms with E-state index in [-0.39, 0.29) is 12.7 Å². The Hall–Kier alpha value is -0.130. The molecule has 0 aromatic carbocycles. The average Bonchev–Trinajstić information content (AvgIpc) is 2.45. The van der Waals surface area contributed by atoms with Crippen LogP contribution in [0.1, 0.15) is 45.4 Å². The molecule has 0 saturated carbocycles. The van der Waals surface area contributed by atoms with Gasteiger partial charge >= 0.3 is 10.4 Å². The van der Waals surface area contributed by atoms with Gasteiger partial charge in [-0.1, -0.05) is 39.0 Å². The van der Waals surface area contributed by atoms with Gasteiger partial charge in [-0.25, -0.2) is 8.37 Å². The number of hydrogen-bond donors (Lipinski definition) is 0. The lowest BCUT2D eigenvalue weighted by molar-refractivity contribution is 0.218. The smallest absolute Gasteiger partial charge is 0.245 e. The fourth-order valence-electron chi connectivity index (χ4n) is 1.49. The van der Waals surface area contributed by atoms with E-state index >= 15 is 0 Å². The van der Waals surface area contributed by atoms with E-state index in [0.717, 1.165) is 19.3 Å². The van der Waals surface area contributed by atoms with Gasteiger partial charge in [0.05, 0.1) is 6.61 Å². The van der Waals surface area contributed by atoms with E-state index in [1.165, 1.54) is 19.3 Å². The first-order valence-electron chi connectivity index (χ1n) is 5.21. The van der Waals surface area contributed by atoms with Crippen molar-refractivity contribution in [3.05, 3.63) is 0 Å². The van der Waals surface area contributed by atoms with Crippen LogP contribution in [0, 0.1) is 0 Å². The molecule has 0 N–H and O–H groups in total. The molecule has 84 valence electrons. The first kappa shape index (κ1) is 11.9. The molecule has 1 saturated heterocycles. The highest BCUT2D eigenvalue weighted by atomic mass is 32.3. The van der Waals surface area contributed by atoms with Crippen LogP contribution in [-0.4, -0.2) is 21.1 Å².